The molecule has 1 saturated heterocycles. The molecule has 38 heavy (non-hydrogen) atoms. The van der Waals surface area contributed by atoms with Crippen LogP contribution in [0.1, 0.15) is 40.5 Å². The maximum Gasteiger partial charge on any atom is 0.251 e. The van der Waals surface area contributed by atoms with E-state index in [-0.39, 0.29) is 11.9 Å². The van der Waals surface area contributed by atoms with Crippen LogP contribution in [0.15, 0.2) is 54.7 Å². The highest BCUT2D eigenvalue weighted by molar-refractivity contribution is 6.29. The van der Waals surface area contributed by atoms with E-state index >= 15 is 0 Å². The fourth-order valence-electron chi connectivity index (χ4n) is 4.90. The summed E-state index contributed by atoms with van der Waals surface area (Å²) in [7, 11) is 3.90. The zero-order valence-electron chi connectivity index (χ0n) is 22.0. The molecule has 0 spiro atoms. The summed E-state index contributed by atoms with van der Waals surface area (Å²) in [5.41, 5.74) is 6.14. The second-order valence-electron chi connectivity index (χ2n) is 9.57. The predicted molar refractivity (Wildman–Crippen MR) is 150 cm³/mol. The van der Waals surface area contributed by atoms with Gasteiger partial charge in [0, 0.05) is 43.2 Å². The van der Waals surface area contributed by atoms with E-state index in [1.807, 2.05) is 63.6 Å². The smallest absolute Gasteiger partial charge is 0.251 e. The summed E-state index contributed by atoms with van der Waals surface area (Å²) in [5, 5.41) is 18.4. The van der Waals surface area contributed by atoms with Crippen LogP contribution in [-0.2, 0) is 6.42 Å². The highest BCUT2D eigenvalue weighted by Crippen LogP contribution is 2.34. The van der Waals surface area contributed by atoms with Crippen LogP contribution in [0.25, 0.3) is 11.3 Å². The minimum Gasteiger partial charge on any atom is -0.492 e. The molecule has 0 bridgehead atoms. The van der Waals surface area contributed by atoms with Crippen molar-refractivity contribution in [3.05, 3.63) is 77.1 Å². The molecule has 1 fully saturated rings. The number of hydrogen-bond acceptors (Lipinski definition) is 8. The average molecular weight is 512 g/mol. The number of hydrogen-bond donors (Lipinski definition) is 4. The molecule has 2 aromatic carbocycles. The van der Waals surface area contributed by atoms with Crippen molar-refractivity contribution in [3.63, 3.8) is 0 Å². The van der Waals surface area contributed by atoms with Gasteiger partial charge in [0.2, 0.25) is 5.95 Å². The number of aryl methyl sites for hydroxylation is 1. The first kappa shape index (κ1) is 25.4. The van der Waals surface area contributed by atoms with Gasteiger partial charge in [0.1, 0.15) is 5.75 Å². The normalized spacial score (nSPS) is 16.8. The second kappa shape index (κ2) is 11.0. The van der Waals surface area contributed by atoms with Gasteiger partial charge in [-0.2, -0.15) is 0 Å². The lowest BCUT2D eigenvalue weighted by Gasteiger charge is -2.36. The fraction of sp³-hybridized carbons (Fsp3) is 0.310. The summed E-state index contributed by atoms with van der Waals surface area (Å²) in [6.07, 6.45) is 3.17. The molecule has 5 rings (SSSR count). The number of allylic oxidation sites excluding steroid dienone is 1. The Morgan fingerprint density at radius 1 is 1.13 bits per heavy atom. The molecule has 1 aliphatic carbocycles. The van der Waals surface area contributed by atoms with Crippen LogP contribution in [0.2, 0.25) is 0 Å². The van der Waals surface area contributed by atoms with Crippen molar-refractivity contribution in [1.82, 2.24) is 25.5 Å². The minimum absolute atomic E-state index is 0.116. The first-order chi connectivity index (χ1) is 18.5. The maximum atomic E-state index is 12.8. The van der Waals surface area contributed by atoms with Crippen molar-refractivity contribution in [3.8, 4) is 5.75 Å². The van der Waals surface area contributed by atoms with Crippen LogP contribution in [0, 0.1) is 5.41 Å². The number of benzene rings is 2. The highest BCUT2D eigenvalue weighted by Gasteiger charge is 2.27. The lowest BCUT2D eigenvalue weighted by atomic mass is 9.87. The lowest BCUT2D eigenvalue weighted by molar-refractivity contribution is 0.0857. The lowest BCUT2D eigenvalue weighted by Crippen LogP contribution is -2.57. The number of rotatable bonds is 8. The van der Waals surface area contributed by atoms with E-state index in [1.54, 1.807) is 12.1 Å². The second-order valence-corrected chi connectivity index (χ2v) is 9.57. The molecular weight excluding hydrogens is 478 g/mol. The number of carbonyl (C=O) groups is 1. The van der Waals surface area contributed by atoms with Crippen molar-refractivity contribution >= 4 is 34.5 Å². The molecule has 196 valence electrons. The zero-order chi connectivity index (χ0) is 26.6. The molecular formula is C29H33N7O2. The standard InChI is InChI=1S/C29H33N7O2/c1-4-38-24-14-19(28(37)33-21-16-36(3)17-21)11-13-23(24)34-29-32-15-20-10-12-22(30)25(27(20)35-29)26(31-2)18-8-6-5-7-9-18/h5-9,11,13-15,21,30-31H,4,10,12,16-17H2,1-3H3,(H,33,37)(H,32,34,35)/b26-25+,30-22?. The number of likely N-dealkylation sites (N-methyl/N-ethyl adjacent to an activating group) is 1. The molecule has 1 aliphatic heterocycles. The number of anilines is 2. The molecule has 2 aliphatic rings. The summed E-state index contributed by atoms with van der Waals surface area (Å²) in [5.74, 6) is 0.834. The monoisotopic (exact) mass is 511 g/mol. The van der Waals surface area contributed by atoms with Crippen LogP contribution in [0.3, 0.4) is 0 Å². The Kier molecular flexibility index (Phi) is 7.37. The topological polar surface area (TPSA) is 115 Å². The van der Waals surface area contributed by atoms with Crippen molar-refractivity contribution in [1.29, 1.82) is 5.41 Å². The number of nitrogens with zero attached hydrogens (tertiary/aromatic N) is 3. The molecule has 1 aromatic heterocycles. The third-order valence-electron chi connectivity index (χ3n) is 6.80. The van der Waals surface area contributed by atoms with Crippen molar-refractivity contribution in [2.75, 3.05) is 39.1 Å². The molecule has 4 N–H and O–H groups in total. The Morgan fingerprint density at radius 2 is 1.92 bits per heavy atom. The van der Waals surface area contributed by atoms with Crippen LogP contribution < -0.4 is 20.7 Å². The van der Waals surface area contributed by atoms with E-state index < -0.39 is 0 Å². The average Bonchev–Trinajstić information content (AvgIpc) is 2.91. The van der Waals surface area contributed by atoms with Gasteiger partial charge in [-0.05, 0) is 56.1 Å². The van der Waals surface area contributed by atoms with Gasteiger partial charge >= 0.3 is 0 Å². The summed E-state index contributed by atoms with van der Waals surface area (Å²) < 4.78 is 5.87. The van der Waals surface area contributed by atoms with Crippen LogP contribution in [0.4, 0.5) is 11.6 Å². The predicted octanol–water partition coefficient (Wildman–Crippen LogP) is 3.72. The number of fused-ring (bicyclic) bond motifs is 1. The molecule has 9 heteroatoms. The van der Waals surface area contributed by atoms with E-state index in [2.05, 4.69) is 25.8 Å². The van der Waals surface area contributed by atoms with E-state index in [1.165, 1.54) is 0 Å². The molecule has 9 nitrogen and oxygen atoms in total. The van der Waals surface area contributed by atoms with Crippen LogP contribution in [0.5, 0.6) is 5.75 Å². The Morgan fingerprint density at radius 3 is 2.63 bits per heavy atom. The third-order valence-corrected chi connectivity index (χ3v) is 6.80. The van der Waals surface area contributed by atoms with Gasteiger partial charge in [-0.25, -0.2) is 9.97 Å². The van der Waals surface area contributed by atoms with Gasteiger partial charge in [-0.3, -0.25) is 4.79 Å². The van der Waals surface area contributed by atoms with Gasteiger partial charge in [-0.1, -0.05) is 30.3 Å². The molecule has 1 amide bonds. The molecule has 3 aromatic rings. The van der Waals surface area contributed by atoms with Gasteiger partial charge in [0.25, 0.3) is 5.91 Å². The first-order valence-corrected chi connectivity index (χ1v) is 12.9. The summed E-state index contributed by atoms with van der Waals surface area (Å²) >= 11 is 0. The number of nitrogens with one attached hydrogen (secondary N) is 4. The quantitative estimate of drug-likeness (QED) is 0.364. The number of carbonyl (C=O) groups excluding carboxylic acids is 1. The highest BCUT2D eigenvalue weighted by atomic mass is 16.5. The van der Waals surface area contributed by atoms with Crippen LogP contribution in [-0.4, -0.2) is 66.3 Å². The first-order valence-electron chi connectivity index (χ1n) is 12.9. The van der Waals surface area contributed by atoms with Crippen LogP contribution >= 0.6 is 0 Å². The van der Waals surface area contributed by atoms with Gasteiger partial charge < -0.3 is 31.0 Å². The Hall–Kier alpha value is -4.24. The Bertz CT molecular complexity index is 1380. The SMILES string of the molecule is CCOc1cc(C(=O)NC2CN(C)C2)ccc1Nc1ncc2c(n1)/C(=C(/NC)c1ccccc1)C(=N)CC2. The van der Waals surface area contributed by atoms with Crippen molar-refractivity contribution in [2.45, 2.75) is 25.8 Å². The molecule has 0 radical (unpaired) electrons. The fourth-order valence-corrected chi connectivity index (χ4v) is 4.90. The van der Waals surface area contributed by atoms with Gasteiger partial charge in [0.15, 0.2) is 0 Å². The summed E-state index contributed by atoms with van der Waals surface area (Å²) in [6.45, 7) is 4.06. The number of amides is 1. The zero-order valence-corrected chi connectivity index (χ0v) is 22.0. The Balaban J connectivity index is 1.45. The number of likely N-dealkylation sites (tertiary alicyclic amines) is 1. The summed E-state index contributed by atoms with van der Waals surface area (Å²) in [4.78, 5) is 24.3. The van der Waals surface area contributed by atoms with Gasteiger partial charge in [0.05, 0.1) is 29.7 Å². The van der Waals surface area contributed by atoms with E-state index in [0.29, 0.717) is 48.1 Å². The molecule has 0 unspecified atom stereocenters. The maximum absolute atomic E-state index is 12.8. The summed E-state index contributed by atoms with van der Waals surface area (Å²) in [6, 6.07) is 15.5. The minimum atomic E-state index is -0.116. The van der Waals surface area contributed by atoms with E-state index in [9.17, 15) is 4.79 Å². The molecule has 0 saturated carbocycles. The Labute approximate surface area is 222 Å². The van der Waals surface area contributed by atoms with Gasteiger partial charge in [-0.15, -0.1) is 0 Å². The third kappa shape index (κ3) is 5.24. The number of aromatic nitrogens is 2. The van der Waals surface area contributed by atoms with E-state index in [4.69, 9.17) is 15.1 Å². The molecule has 2 heterocycles. The largest absolute Gasteiger partial charge is 0.492 e. The van der Waals surface area contributed by atoms with Crippen molar-refractivity contribution in [2.24, 2.45) is 0 Å². The molecule has 0 atom stereocenters. The van der Waals surface area contributed by atoms with E-state index in [0.717, 1.165) is 41.2 Å². The van der Waals surface area contributed by atoms with Crippen molar-refractivity contribution < 1.29 is 9.53 Å². The number of ether oxygens (including phenoxy) is 1.